The summed E-state index contributed by atoms with van der Waals surface area (Å²) in [6, 6.07) is -0.234. The quantitative estimate of drug-likeness (QED) is 0.305. The van der Waals surface area contributed by atoms with Crippen LogP contribution >= 0.6 is 0 Å². The number of carbonyl (C=O) groups excluding carboxylic acids is 1. The largest absolute Gasteiger partial charge is 0.379 e. The van der Waals surface area contributed by atoms with Crippen LogP contribution < -0.4 is 16.6 Å². The van der Waals surface area contributed by atoms with Gasteiger partial charge in [0.15, 0.2) is 0 Å². The number of ether oxygens (including phenoxy) is 1. The second-order valence-corrected chi connectivity index (χ2v) is 2.93. The van der Waals surface area contributed by atoms with Crippen molar-refractivity contribution in [3.63, 3.8) is 0 Å². The monoisotopic (exact) mass is 173 g/mol. The van der Waals surface area contributed by atoms with E-state index in [1.165, 1.54) is 0 Å². The fourth-order valence-corrected chi connectivity index (χ4v) is 1.58. The lowest BCUT2D eigenvalue weighted by Crippen LogP contribution is -2.48. The summed E-state index contributed by atoms with van der Waals surface area (Å²) in [6.45, 7) is 0. The third-order valence-corrected chi connectivity index (χ3v) is 2.20. The number of hydrogen-bond donors (Lipinski definition) is 3. The molecule has 4 N–H and O–H groups in total. The van der Waals surface area contributed by atoms with Crippen molar-refractivity contribution in [3.05, 3.63) is 0 Å². The fraction of sp³-hybridized carbons (Fsp3) is 0.857. The van der Waals surface area contributed by atoms with Crippen LogP contribution in [0.2, 0.25) is 0 Å². The Morgan fingerprint density at radius 3 is 2.92 bits per heavy atom. The smallest absolute Gasteiger partial charge is 0.329 e. The molecule has 2 atom stereocenters. The number of carbonyl (C=O) groups is 1. The van der Waals surface area contributed by atoms with Crippen LogP contribution in [0.15, 0.2) is 0 Å². The summed E-state index contributed by atoms with van der Waals surface area (Å²) in [4.78, 5) is 10.8. The number of hydrazine groups is 1. The molecule has 1 aliphatic carbocycles. The van der Waals surface area contributed by atoms with E-state index in [2.05, 4.69) is 5.32 Å². The van der Waals surface area contributed by atoms with Crippen molar-refractivity contribution in [3.8, 4) is 0 Å². The minimum Gasteiger partial charge on any atom is -0.379 e. The molecule has 1 rings (SSSR count). The van der Waals surface area contributed by atoms with Crippen molar-refractivity contribution in [2.24, 2.45) is 5.84 Å². The molecule has 0 saturated heterocycles. The predicted octanol–water partition coefficient (Wildman–Crippen LogP) is -0.273. The summed E-state index contributed by atoms with van der Waals surface area (Å²) >= 11 is 0. The summed E-state index contributed by atoms with van der Waals surface area (Å²) in [5, 5.41) is 2.73. The lowest BCUT2D eigenvalue weighted by Gasteiger charge is -2.18. The predicted molar refractivity (Wildman–Crippen MR) is 44.3 cm³/mol. The Morgan fingerprint density at radius 1 is 1.58 bits per heavy atom. The molecule has 1 fully saturated rings. The molecule has 0 spiro atoms. The van der Waals surface area contributed by atoms with Crippen LogP contribution in [0.25, 0.3) is 0 Å². The molecule has 5 nitrogen and oxygen atoms in total. The van der Waals surface area contributed by atoms with E-state index in [-0.39, 0.29) is 18.2 Å². The summed E-state index contributed by atoms with van der Waals surface area (Å²) in [6.07, 6.45) is 3.20. The third-order valence-electron chi connectivity index (χ3n) is 2.20. The summed E-state index contributed by atoms with van der Waals surface area (Å²) in [5.41, 5.74) is 2.03. The third kappa shape index (κ3) is 2.09. The van der Waals surface area contributed by atoms with Crippen LogP contribution in [-0.2, 0) is 4.74 Å². The number of nitrogens with two attached hydrogens (primary N) is 1. The van der Waals surface area contributed by atoms with Gasteiger partial charge in [0.2, 0.25) is 0 Å². The molecule has 5 heteroatoms. The standard InChI is InChI=1S/C7H15N3O2/c1-12-6-4-2-3-5(6)9-7(11)10-8/h5-6H,2-4,8H2,1H3,(H2,9,10,11). The molecule has 1 saturated carbocycles. The van der Waals surface area contributed by atoms with Gasteiger partial charge in [-0.15, -0.1) is 0 Å². The zero-order valence-electron chi connectivity index (χ0n) is 7.17. The number of hydrogen-bond acceptors (Lipinski definition) is 3. The van der Waals surface area contributed by atoms with E-state index >= 15 is 0 Å². The number of amides is 2. The fourth-order valence-electron chi connectivity index (χ4n) is 1.58. The molecule has 0 aromatic heterocycles. The van der Waals surface area contributed by atoms with E-state index in [0.717, 1.165) is 19.3 Å². The topological polar surface area (TPSA) is 76.4 Å². The number of urea groups is 1. The highest BCUT2D eigenvalue weighted by Crippen LogP contribution is 2.21. The van der Waals surface area contributed by atoms with Crippen LogP contribution in [0.3, 0.4) is 0 Å². The van der Waals surface area contributed by atoms with Gasteiger partial charge in [-0.25, -0.2) is 10.6 Å². The molecule has 12 heavy (non-hydrogen) atoms. The molecular weight excluding hydrogens is 158 g/mol. The van der Waals surface area contributed by atoms with Gasteiger partial charge in [0.1, 0.15) is 0 Å². The lowest BCUT2D eigenvalue weighted by molar-refractivity contribution is 0.0875. The van der Waals surface area contributed by atoms with Gasteiger partial charge in [-0.2, -0.15) is 0 Å². The van der Waals surface area contributed by atoms with Crippen LogP contribution in [0, 0.1) is 0 Å². The first-order chi connectivity index (χ1) is 5.77. The van der Waals surface area contributed by atoms with E-state index in [1.807, 2.05) is 5.43 Å². The van der Waals surface area contributed by atoms with E-state index in [0.29, 0.717) is 0 Å². The molecule has 0 bridgehead atoms. The minimum absolute atomic E-state index is 0.110. The summed E-state index contributed by atoms with van der Waals surface area (Å²) in [5.74, 6) is 4.93. The molecule has 2 unspecified atom stereocenters. The zero-order chi connectivity index (χ0) is 8.97. The Hall–Kier alpha value is -0.810. The number of nitrogens with one attached hydrogen (secondary N) is 2. The Bertz CT molecular complexity index is 163. The van der Waals surface area contributed by atoms with E-state index < -0.39 is 0 Å². The molecule has 0 aliphatic heterocycles. The molecule has 2 amide bonds. The maximum absolute atomic E-state index is 10.8. The average Bonchev–Trinajstić information content (AvgIpc) is 2.51. The lowest BCUT2D eigenvalue weighted by atomic mass is 10.2. The molecule has 0 aromatic carbocycles. The van der Waals surface area contributed by atoms with Gasteiger partial charge in [0, 0.05) is 7.11 Å². The highest BCUT2D eigenvalue weighted by molar-refractivity contribution is 5.73. The Balaban J connectivity index is 2.35. The number of rotatable bonds is 2. The highest BCUT2D eigenvalue weighted by atomic mass is 16.5. The van der Waals surface area contributed by atoms with Crippen molar-refractivity contribution in [1.29, 1.82) is 0 Å². The Labute approximate surface area is 71.6 Å². The highest BCUT2D eigenvalue weighted by Gasteiger charge is 2.27. The Kier molecular flexibility index (Phi) is 3.31. The van der Waals surface area contributed by atoms with Crippen molar-refractivity contribution in [2.45, 2.75) is 31.4 Å². The van der Waals surface area contributed by atoms with E-state index in [9.17, 15) is 4.79 Å². The van der Waals surface area contributed by atoms with Crippen LogP contribution in [0.4, 0.5) is 4.79 Å². The average molecular weight is 173 g/mol. The van der Waals surface area contributed by atoms with Gasteiger partial charge >= 0.3 is 6.03 Å². The van der Waals surface area contributed by atoms with Crippen LogP contribution in [-0.4, -0.2) is 25.3 Å². The van der Waals surface area contributed by atoms with Gasteiger partial charge in [0.05, 0.1) is 12.1 Å². The first-order valence-corrected chi connectivity index (χ1v) is 4.08. The molecule has 0 aromatic rings. The maximum atomic E-state index is 10.8. The maximum Gasteiger partial charge on any atom is 0.329 e. The number of methoxy groups -OCH3 is 1. The molecule has 70 valence electrons. The van der Waals surface area contributed by atoms with Gasteiger partial charge in [-0.1, -0.05) is 0 Å². The molecule has 0 radical (unpaired) electrons. The van der Waals surface area contributed by atoms with Gasteiger partial charge < -0.3 is 10.1 Å². The first kappa shape index (κ1) is 9.28. The van der Waals surface area contributed by atoms with E-state index in [4.69, 9.17) is 10.6 Å². The van der Waals surface area contributed by atoms with Gasteiger partial charge in [-0.3, -0.25) is 5.43 Å². The molecule has 1 aliphatic rings. The van der Waals surface area contributed by atoms with Crippen molar-refractivity contribution >= 4 is 6.03 Å². The normalized spacial score (nSPS) is 28.5. The second-order valence-electron chi connectivity index (χ2n) is 2.93. The van der Waals surface area contributed by atoms with Crippen molar-refractivity contribution in [1.82, 2.24) is 10.7 Å². The minimum atomic E-state index is -0.344. The van der Waals surface area contributed by atoms with Crippen LogP contribution in [0.5, 0.6) is 0 Å². The second kappa shape index (κ2) is 4.27. The summed E-state index contributed by atoms with van der Waals surface area (Å²) in [7, 11) is 1.66. The molecular formula is C7H15N3O2. The van der Waals surface area contributed by atoms with Crippen molar-refractivity contribution < 1.29 is 9.53 Å². The Morgan fingerprint density at radius 2 is 2.33 bits per heavy atom. The van der Waals surface area contributed by atoms with Gasteiger partial charge in [0.25, 0.3) is 0 Å². The van der Waals surface area contributed by atoms with Crippen molar-refractivity contribution in [2.75, 3.05) is 7.11 Å². The summed E-state index contributed by atoms with van der Waals surface area (Å²) < 4.78 is 5.19. The molecule has 0 heterocycles. The SMILES string of the molecule is COC1CCCC1NC(=O)NN. The van der Waals surface area contributed by atoms with Crippen LogP contribution in [0.1, 0.15) is 19.3 Å². The zero-order valence-corrected chi connectivity index (χ0v) is 7.17. The van der Waals surface area contributed by atoms with E-state index in [1.54, 1.807) is 7.11 Å². The first-order valence-electron chi connectivity index (χ1n) is 4.08. The van der Waals surface area contributed by atoms with Gasteiger partial charge in [-0.05, 0) is 19.3 Å².